The number of rotatable bonds is 4. The molecule has 1 spiro atoms. The Morgan fingerprint density at radius 1 is 1.04 bits per heavy atom. The molecule has 134 valence electrons. The van der Waals surface area contributed by atoms with Gasteiger partial charge >= 0.3 is 0 Å². The zero-order valence-corrected chi connectivity index (χ0v) is 15.5. The van der Waals surface area contributed by atoms with Crippen LogP contribution in [0.25, 0.3) is 0 Å². The van der Waals surface area contributed by atoms with Crippen LogP contribution in [-0.4, -0.2) is 24.5 Å². The third kappa shape index (κ3) is 2.45. The molecule has 5 rings (SSSR count). The average molecular weight is 347 g/mol. The van der Waals surface area contributed by atoms with Gasteiger partial charge in [0, 0.05) is 24.1 Å². The molecule has 2 aliphatic carbocycles. The fourth-order valence-electron chi connectivity index (χ4n) is 4.37. The van der Waals surface area contributed by atoms with E-state index in [0.717, 1.165) is 23.4 Å². The molecule has 2 saturated carbocycles. The zero-order chi connectivity index (χ0) is 17.9. The average Bonchev–Trinajstić information content (AvgIpc) is 3.59. The van der Waals surface area contributed by atoms with Crippen LogP contribution in [0.4, 0.5) is 0 Å². The minimum Gasteiger partial charge on any atom is -0.497 e. The second-order valence-corrected chi connectivity index (χ2v) is 8.61. The molecular weight excluding hydrogens is 322 g/mol. The SMILES string of the molecule is COc1ccc(CN2CC3(CC3)c3cc(C4(C)CC4)ccc3C2=O)cc1. The number of benzene rings is 2. The second kappa shape index (κ2) is 5.35. The molecule has 1 amide bonds. The highest BCUT2D eigenvalue weighted by molar-refractivity contribution is 5.98. The van der Waals surface area contributed by atoms with E-state index in [1.165, 1.54) is 36.8 Å². The largest absolute Gasteiger partial charge is 0.497 e. The van der Waals surface area contributed by atoms with Crippen molar-refractivity contribution in [3.05, 3.63) is 64.7 Å². The molecule has 0 unspecified atom stereocenters. The number of fused-ring (bicyclic) bond motifs is 2. The maximum absolute atomic E-state index is 13.1. The predicted molar refractivity (Wildman–Crippen MR) is 102 cm³/mol. The van der Waals surface area contributed by atoms with E-state index in [0.29, 0.717) is 12.0 Å². The second-order valence-electron chi connectivity index (χ2n) is 8.61. The van der Waals surface area contributed by atoms with Crippen molar-refractivity contribution in [2.24, 2.45) is 0 Å². The first-order chi connectivity index (χ1) is 12.5. The minimum atomic E-state index is 0.181. The maximum atomic E-state index is 13.1. The topological polar surface area (TPSA) is 29.5 Å². The molecule has 0 N–H and O–H groups in total. The number of nitrogens with zero attached hydrogens (tertiary/aromatic N) is 1. The van der Waals surface area contributed by atoms with Crippen LogP contribution in [-0.2, 0) is 17.4 Å². The first-order valence-corrected chi connectivity index (χ1v) is 9.60. The lowest BCUT2D eigenvalue weighted by atomic mass is 9.83. The number of hydrogen-bond donors (Lipinski definition) is 0. The Bertz CT molecular complexity index is 876. The lowest BCUT2D eigenvalue weighted by Crippen LogP contribution is -2.43. The summed E-state index contributed by atoms with van der Waals surface area (Å²) < 4.78 is 5.23. The third-order valence-corrected chi connectivity index (χ3v) is 6.69. The van der Waals surface area contributed by atoms with Crippen molar-refractivity contribution < 1.29 is 9.53 Å². The third-order valence-electron chi connectivity index (χ3n) is 6.69. The molecule has 3 nitrogen and oxygen atoms in total. The normalized spacial score (nSPS) is 21.5. The van der Waals surface area contributed by atoms with Gasteiger partial charge in [-0.1, -0.05) is 31.2 Å². The Morgan fingerprint density at radius 2 is 1.77 bits per heavy atom. The summed E-state index contributed by atoms with van der Waals surface area (Å²) in [4.78, 5) is 15.2. The highest BCUT2D eigenvalue weighted by Gasteiger charge is 2.52. The van der Waals surface area contributed by atoms with Gasteiger partial charge in [-0.25, -0.2) is 0 Å². The highest BCUT2D eigenvalue weighted by atomic mass is 16.5. The van der Waals surface area contributed by atoms with Gasteiger partial charge in [0.25, 0.3) is 5.91 Å². The van der Waals surface area contributed by atoms with E-state index >= 15 is 0 Å². The monoisotopic (exact) mass is 347 g/mol. The van der Waals surface area contributed by atoms with Gasteiger partial charge in [0.2, 0.25) is 0 Å². The van der Waals surface area contributed by atoms with Gasteiger partial charge in [-0.15, -0.1) is 0 Å². The summed E-state index contributed by atoms with van der Waals surface area (Å²) in [5, 5.41) is 0. The number of ether oxygens (including phenoxy) is 1. The van der Waals surface area contributed by atoms with Crippen molar-refractivity contribution in [3.63, 3.8) is 0 Å². The van der Waals surface area contributed by atoms with E-state index in [4.69, 9.17) is 4.74 Å². The fraction of sp³-hybridized carbons (Fsp3) is 0.435. The van der Waals surface area contributed by atoms with Gasteiger partial charge in [-0.05, 0) is 66.0 Å². The summed E-state index contributed by atoms with van der Waals surface area (Å²) in [5.41, 5.74) is 5.39. The Hall–Kier alpha value is -2.29. The lowest BCUT2D eigenvalue weighted by molar-refractivity contribution is 0.0698. The molecule has 0 bridgehead atoms. The van der Waals surface area contributed by atoms with Crippen LogP contribution in [0, 0.1) is 0 Å². The maximum Gasteiger partial charge on any atom is 0.254 e. The predicted octanol–water partition coefficient (Wildman–Crippen LogP) is 4.43. The van der Waals surface area contributed by atoms with Gasteiger partial charge < -0.3 is 9.64 Å². The molecule has 3 aliphatic rings. The number of amides is 1. The Balaban J connectivity index is 1.45. The van der Waals surface area contributed by atoms with Gasteiger partial charge in [0.1, 0.15) is 5.75 Å². The van der Waals surface area contributed by atoms with Crippen LogP contribution >= 0.6 is 0 Å². The van der Waals surface area contributed by atoms with Crippen LogP contribution < -0.4 is 4.74 Å². The van der Waals surface area contributed by atoms with Crippen molar-refractivity contribution in [2.75, 3.05) is 13.7 Å². The van der Waals surface area contributed by atoms with Crippen molar-refractivity contribution in [2.45, 2.75) is 50.0 Å². The molecule has 2 aromatic rings. The summed E-state index contributed by atoms with van der Waals surface area (Å²) in [7, 11) is 1.67. The molecule has 3 heteroatoms. The van der Waals surface area contributed by atoms with Crippen molar-refractivity contribution >= 4 is 5.91 Å². The molecular formula is C23H25NO2. The molecule has 2 aromatic carbocycles. The molecule has 1 aliphatic heterocycles. The van der Waals surface area contributed by atoms with E-state index in [9.17, 15) is 4.79 Å². The molecule has 0 radical (unpaired) electrons. The smallest absolute Gasteiger partial charge is 0.254 e. The number of carbonyl (C=O) groups is 1. The van der Waals surface area contributed by atoms with Crippen LogP contribution in [0.5, 0.6) is 5.75 Å². The molecule has 0 aromatic heterocycles. The summed E-state index contributed by atoms with van der Waals surface area (Å²) in [6, 6.07) is 14.7. The number of hydrogen-bond acceptors (Lipinski definition) is 2. The summed E-state index contributed by atoms with van der Waals surface area (Å²) in [6.07, 6.45) is 4.95. The van der Waals surface area contributed by atoms with E-state index in [1.807, 2.05) is 17.0 Å². The van der Waals surface area contributed by atoms with E-state index < -0.39 is 0 Å². The molecule has 0 atom stereocenters. The standard InChI is InChI=1S/C23H25NO2/c1-22(9-10-22)17-5-8-19-20(13-17)23(11-12-23)15-24(21(19)25)14-16-3-6-18(26-2)7-4-16/h3-8,13H,9-12,14-15H2,1-2H3. The summed E-state index contributed by atoms with van der Waals surface area (Å²) >= 11 is 0. The molecule has 2 fully saturated rings. The summed E-state index contributed by atoms with van der Waals surface area (Å²) in [6.45, 7) is 3.86. The Labute approximate surface area is 155 Å². The van der Waals surface area contributed by atoms with Gasteiger partial charge in [-0.2, -0.15) is 0 Å². The van der Waals surface area contributed by atoms with E-state index in [-0.39, 0.29) is 11.3 Å². The van der Waals surface area contributed by atoms with Crippen LogP contribution in [0.2, 0.25) is 0 Å². The molecule has 26 heavy (non-hydrogen) atoms. The summed E-state index contributed by atoms with van der Waals surface area (Å²) in [5.74, 6) is 1.03. The Kier molecular flexibility index (Phi) is 3.28. The van der Waals surface area contributed by atoms with Gasteiger partial charge in [-0.3, -0.25) is 4.79 Å². The van der Waals surface area contributed by atoms with Gasteiger partial charge in [0.15, 0.2) is 0 Å². The van der Waals surface area contributed by atoms with E-state index in [2.05, 4.69) is 37.3 Å². The zero-order valence-electron chi connectivity index (χ0n) is 15.5. The lowest BCUT2D eigenvalue weighted by Gasteiger charge is -2.35. The number of methoxy groups -OCH3 is 1. The number of carbonyl (C=O) groups excluding carboxylic acids is 1. The Morgan fingerprint density at radius 3 is 2.38 bits per heavy atom. The molecule has 0 saturated heterocycles. The van der Waals surface area contributed by atoms with Crippen molar-refractivity contribution in [1.29, 1.82) is 0 Å². The highest BCUT2D eigenvalue weighted by Crippen LogP contribution is 2.55. The first-order valence-electron chi connectivity index (χ1n) is 9.60. The fourth-order valence-corrected chi connectivity index (χ4v) is 4.37. The van der Waals surface area contributed by atoms with Crippen LogP contribution in [0.15, 0.2) is 42.5 Å². The quantitative estimate of drug-likeness (QED) is 0.818. The molecule has 1 heterocycles. The minimum absolute atomic E-state index is 0.181. The van der Waals surface area contributed by atoms with Crippen molar-refractivity contribution in [3.8, 4) is 5.75 Å². The van der Waals surface area contributed by atoms with E-state index in [1.54, 1.807) is 7.11 Å². The van der Waals surface area contributed by atoms with Gasteiger partial charge in [0.05, 0.1) is 7.11 Å². The van der Waals surface area contributed by atoms with Crippen LogP contribution in [0.3, 0.4) is 0 Å². The first kappa shape index (κ1) is 15.9. The van der Waals surface area contributed by atoms with Crippen molar-refractivity contribution in [1.82, 2.24) is 4.90 Å². The van der Waals surface area contributed by atoms with Crippen LogP contribution in [0.1, 0.15) is 59.7 Å².